The molecule has 2 atom stereocenters. The Kier molecular flexibility index (Phi) is 2.81. The van der Waals surface area contributed by atoms with Gasteiger partial charge >= 0.3 is 0 Å². The quantitative estimate of drug-likeness (QED) is 0.861. The lowest BCUT2D eigenvalue weighted by atomic mass is 9.81. The van der Waals surface area contributed by atoms with Crippen LogP contribution in [0.2, 0.25) is 0 Å². The Morgan fingerprint density at radius 2 is 1.52 bits per heavy atom. The Hall–Kier alpha value is -1.22. The van der Waals surface area contributed by atoms with E-state index in [1.54, 1.807) is 0 Å². The molecule has 0 saturated heterocycles. The van der Waals surface area contributed by atoms with E-state index in [2.05, 4.69) is 20.8 Å². The molecule has 0 spiro atoms. The van der Waals surface area contributed by atoms with Gasteiger partial charge < -0.3 is 15.2 Å². The van der Waals surface area contributed by atoms with Gasteiger partial charge in [0.1, 0.15) is 23.7 Å². The zero-order valence-corrected chi connectivity index (χ0v) is 13.3. The molecule has 2 aliphatic heterocycles. The van der Waals surface area contributed by atoms with E-state index in [4.69, 9.17) is 15.2 Å². The summed E-state index contributed by atoms with van der Waals surface area (Å²) in [5, 5.41) is 0. The van der Waals surface area contributed by atoms with E-state index in [9.17, 15) is 0 Å². The first kappa shape index (κ1) is 13.4. The molecule has 2 unspecified atom stereocenters. The minimum Gasteiger partial charge on any atom is -0.490 e. The van der Waals surface area contributed by atoms with E-state index < -0.39 is 0 Å². The largest absolute Gasteiger partial charge is 0.490 e. The summed E-state index contributed by atoms with van der Waals surface area (Å²) in [4.78, 5) is 0. The van der Waals surface area contributed by atoms with Gasteiger partial charge in [0.25, 0.3) is 0 Å². The van der Waals surface area contributed by atoms with E-state index in [0.717, 1.165) is 37.2 Å². The van der Waals surface area contributed by atoms with Crippen molar-refractivity contribution in [2.45, 2.75) is 77.0 Å². The van der Waals surface area contributed by atoms with Gasteiger partial charge in [-0.2, -0.15) is 0 Å². The SMILES string of the molecule is Cc1c2c(c(C3(N)CCCC3)c3c1OC(C)C3)OC(C)C2. The molecule has 2 N–H and O–H groups in total. The molecular formula is C18H25NO2. The van der Waals surface area contributed by atoms with Crippen LogP contribution in [-0.4, -0.2) is 12.2 Å². The minimum absolute atomic E-state index is 0.209. The maximum atomic E-state index is 6.83. The van der Waals surface area contributed by atoms with Gasteiger partial charge in [0.2, 0.25) is 0 Å². The van der Waals surface area contributed by atoms with Gasteiger partial charge in [0, 0.05) is 35.1 Å². The maximum absolute atomic E-state index is 6.83. The summed E-state index contributed by atoms with van der Waals surface area (Å²) in [7, 11) is 0. The third kappa shape index (κ3) is 1.83. The second-order valence-corrected chi connectivity index (χ2v) is 7.24. The highest BCUT2D eigenvalue weighted by Crippen LogP contribution is 2.52. The number of rotatable bonds is 1. The van der Waals surface area contributed by atoms with E-state index in [0.29, 0.717) is 0 Å². The fourth-order valence-electron chi connectivity index (χ4n) is 4.51. The van der Waals surface area contributed by atoms with Crippen LogP contribution in [0, 0.1) is 6.92 Å². The molecule has 0 aromatic heterocycles. The van der Waals surface area contributed by atoms with Crippen LogP contribution in [0.3, 0.4) is 0 Å². The number of ether oxygens (including phenoxy) is 2. The molecule has 0 radical (unpaired) electrons. The number of nitrogens with two attached hydrogens (primary N) is 1. The van der Waals surface area contributed by atoms with Gasteiger partial charge in [-0.15, -0.1) is 0 Å². The second-order valence-electron chi connectivity index (χ2n) is 7.24. The molecule has 4 rings (SSSR count). The molecule has 114 valence electrons. The fraction of sp³-hybridized carbons (Fsp3) is 0.667. The van der Waals surface area contributed by atoms with Crippen LogP contribution < -0.4 is 15.2 Å². The molecule has 1 aliphatic carbocycles. The monoisotopic (exact) mass is 287 g/mol. The van der Waals surface area contributed by atoms with Crippen LogP contribution in [0.1, 0.15) is 61.8 Å². The van der Waals surface area contributed by atoms with Crippen LogP contribution in [0.15, 0.2) is 0 Å². The Morgan fingerprint density at radius 3 is 2.19 bits per heavy atom. The van der Waals surface area contributed by atoms with E-state index >= 15 is 0 Å². The van der Waals surface area contributed by atoms with Crippen molar-refractivity contribution in [3.05, 3.63) is 22.3 Å². The van der Waals surface area contributed by atoms with Crippen molar-refractivity contribution in [2.75, 3.05) is 0 Å². The van der Waals surface area contributed by atoms with Gasteiger partial charge in [-0.05, 0) is 39.2 Å². The normalized spacial score (nSPS) is 29.0. The van der Waals surface area contributed by atoms with Crippen molar-refractivity contribution in [2.24, 2.45) is 5.73 Å². The first-order valence-electron chi connectivity index (χ1n) is 8.30. The van der Waals surface area contributed by atoms with E-state index in [1.807, 2.05) is 0 Å². The molecule has 3 nitrogen and oxygen atoms in total. The average Bonchev–Trinajstić information content (AvgIpc) is 3.09. The highest BCUT2D eigenvalue weighted by atomic mass is 16.5. The van der Waals surface area contributed by atoms with Crippen LogP contribution in [0.25, 0.3) is 0 Å². The molecule has 1 aromatic carbocycles. The summed E-state index contributed by atoms with van der Waals surface area (Å²) in [6.07, 6.45) is 7.04. The van der Waals surface area contributed by atoms with E-state index in [1.165, 1.54) is 35.1 Å². The van der Waals surface area contributed by atoms with Crippen molar-refractivity contribution in [1.29, 1.82) is 0 Å². The smallest absolute Gasteiger partial charge is 0.128 e. The van der Waals surface area contributed by atoms with Crippen LogP contribution in [-0.2, 0) is 18.4 Å². The number of fused-ring (bicyclic) bond motifs is 2. The second kappa shape index (κ2) is 4.39. The zero-order valence-electron chi connectivity index (χ0n) is 13.3. The zero-order chi connectivity index (χ0) is 14.8. The third-order valence-corrected chi connectivity index (χ3v) is 5.49. The van der Waals surface area contributed by atoms with Gasteiger partial charge in [-0.3, -0.25) is 0 Å². The van der Waals surface area contributed by atoms with Crippen LogP contribution in [0.5, 0.6) is 11.5 Å². The molecule has 1 fully saturated rings. The summed E-state index contributed by atoms with van der Waals surface area (Å²) in [5.41, 5.74) is 11.8. The fourth-order valence-corrected chi connectivity index (χ4v) is 4.51. The number of hydrogen-bond donors (Lipinski definition) is 1. The predicted molar refractivity (Wildman–Crippen MR) is 83.1 cm³/mol. The maximum Gasteiger partial charge on any atom is 0.128 e. The summed E-state index contributed by atoms with van der Waals surface area (Å²) >= 11 is 0. The van der Waals surface area contributed by atoms with Crippen molar-refractivity contribution in [3.63, 3.8) is 0 Å². The first-order chi connectivity index (χ1) is 9.99. The van der Waals surface area contributed by atoms with Gasteiger partial charge in [-0.25, -0.2) is 0 Å². The molecule has 2 heterocycles. The van der Waals surface area contributed by atoms with Crippen LogP contribution in [0.4, 0.5) is 0 Å². The molecule has 3 aliphatic rings. The molecular weight excluding hydrogens is 262 g/mol. The van der Waals surface area contributed by atoms with E-state index in [-0.39, 0.29) is 17.7 Å². The van der Waals surface area contributed by atoms with Gasteiger partial charge in [0.15, 0.2) is 0 Å². The Balaban J connectivity index is 1.97. The summed E-state index contributed by atoms with van der Waals surface area (Å²) in [6.45, 7) is 6.48. The summed E-state index contributed by atoms with van der Waals surface area (Å²) in [5.74, 6) is 2.20. The summed E-state index contributed by atoms with van der Waals surface area (Å²) < 4.78 is 12.4. The highest BCUT2D eigenvalue weighted by Gasteiger charge is 2.43. The highest BCUT2D eigenvalue weighted by molar-refractivity contribution is 5.64. The van der Waals surface area contributed by atoms with Gasteiger partial charge in [0.05, 0.1) is 0 Å². The van der Waals surface area contributed by atoms with Crippen molar-refractivity contribution >= 4 is 0 Å². The van der Waals surface area contributed by atoms with Crippen molar-refractivity contribution in [1.82, 2.24) is 0 Å². The molecule has 1 aromatic rings. The predicted octanol–water partition coefficient (Wildman–Crippen LogP) is 3.37. The number of benzene rings is 1. The molecule has 3 heteroatoms. The average molecular weight is 287 g/mol. The van der Waals surface area contributed by atoms with Crippen molar-refractivity contribution in [3.8, 4) is 11.5 Å². The lowest BCUT2D eigenvalue weighted by Crippen LogP contribution is -2.35. The summed E-state index contributed by atoms with van der Waals surface area (Å²) in [6, 6.07) is 0. The number of hydrogen-bond acceptors (Lipinski definition) is 3. The van der Waals surface area contributed by atoms with Crippen molar-refractivity contribution < 1.29 is 9.47 Å². The minimum atomic E-state index is -0.209. The molecule has 1 saturated carbocycles. The van der Waals surface area contributed by atoms with Gasteiger partial charge in [-0.1, -0.05) is 12.8 Å². The first-order valence-corrected chi connectivity index (χ1v) is 8.30. The molecule has 0 bridgehead atoms. The standard InChI is InChI=1S/C18H25NO2/c1-10-8-13-12(3)16-14(9-11(2)20-16)15(17(13)21-10)18(19)6-4-5-7-18/h10-11H,4-9,19H2,1-3H3. The lowest BCUT2D eigenvalue weighted by molar-refractivity contribution is 0.246. The Morgan fingerprint density at radius 1 is 0.952 bits per heavy atom. The topological polar surface area (TPSA) is 44.5 Å². The molecule has 0 amide bonds. The Bertz CT molecular complexity index is 563. The Labute approximate surface area is 126 Å². The van der Waals surface area contributed by atoms with Crippen LogP contribution >= 0.6 is 0 Å². The lowest BCUT2D eigenvalue weighted by Gasteiger charge is -2.29. The third-order valence-electron chi connectivity index (χ3n) is 5.49. The molecule has 21 heavy (non-hydrogen) atoms.